The van der Waals surface area contributed by atoms with E-state index in [9.17, 15) is 4.79 Å². The molecule has 0 N–H and O–H groups in total. The molecular weight excluding hydrogens is 198 g/mol. The lowest BCUT2D eigenvalue weighted by Gasteiger charge is -2.18. The molecule has 0 aliphatic heterocycles. The molecule has 2 unspecified atom stereocenters. The summed E-state index contributed by atoms with van der Waals surface area (Å²) in [5.41, 5.74) is 0. The fourth-order valence-electron chi connectivity index (χ4n) is 1.82. The van der Waals surface area contributed by atoms with Gasteiger partial charge in [-0.05, 0) is 12.8 Å². The molecule has 0 saturated heterocycles. The molecule has 0 heterocycles. The third-order valence-electron chi connectivity index (χ3n) is 2.55. The highest BCUT2D eigenvalue weighted by Gasteiger charge is 2.34. The van der Waals surface area contributed by atoms with Crippen molar-refractivity contribution in [3.63, 3.8) is 0 Å². The van der Waals surface area contributed by atoms with E-state index in [0.717, 1.165) is 12.8 Å². The van der Waals surface area contributed by atoms with Gasteiger partial charge >= 0.3 is 5.97 Å². The average Bonchev–Trinajstić information content (AvgIpc) is 2.47. The van der Waals surface area contributed by atoms with Gasteiger partial charge < -0.3 is 9.26 Å². The fourth-order valence-corrected chi connectivity index (χ4v) is 2.07. The second-order valence-electron chi connectivity index (χ2n) is 3.71. The standard InChI is InChI=1S/C9H16BO3P/c1-2-9(11)13-8-4-7(10)3-6(8)5-12-14/h6-8H,2-5,14H2,1H3/t6-,7-,8?/m0/s1. The molecule has 1 fully saturated rings. The van der Waals surface area contributed by atoms with Crippen LogP contribution in [-0.2, 0) is 14.1 Å². The number of esters is 1. The highest BCUT2D eigenvalue weighted by molar-refractivity contribution is 7.09. The minimum atomic E-state index is -0.155. The molecule has 4 atom stereocenters. The van der Waals surface area contributed by atoms with E-state index in [1.54, 1.807) is 6.92 Å². The lowest BCUT2D eigenvalue weighted by molar-refractivity contribution is -0.150. The Kier molecular flexibility index (Phi) is 4.90. The summed E-state index contributed by atoms with van der Waals surface area (Å²) in [7, 11) is 8.02. The number of carbonyl (C=O) groups is 1. The topological polar surface area (TPSA) is 35.5 Å². The van der Waals surface area contributed by atoms with E-state index in [1.807, 2.05) is 0 Å². The van der Waals surface area contributed by atoms with Crippen LogP contribution in [0.15, 0.2) is 0 Å². The zero-order valence-electron chi connectivity index (χ0n) is 8.44. The molecule has 0 aromatic heterocycles. The van der Waals surface area contributed by atoms with Crippen LogP contribution in [0.2, 0.25) is 5.82 Å². The van der Waals surface area contributed by atoms with Crippen molar-refractivity contribution >= 4 is 23.3 Å². The first-order valence-corrected chi connectivity index (χ1v) is 5.41. The van der Waals surface area contributed by atoms with Crippen LogP contribution in [0.1, 0.15) is 26.2 Å². The van der Waals surface area contributed by atoms with Gasteiger partial charge in [-0.3, -0.25) is 4.79 Å². The minimum Gasteiger partial charge on any atom is -0.462 e. The molecule has 0 aromatic carbocycles. The first kappa shape index (κ1) is 12.0. The summed E-state index contributed by atoms with van der Waals surface area (Å²) in [4.78, 5) is 11.1. The molecule has 5 heteroatoms. The number of carbonyl (C=O) groups excluding carboxylic acids is 1. The first-order chi connectivity index (χ1) is 6.67. The average molecular weight is 214 g/mol. The summed E-state index contributed by atoms with van der Waals surface area (Å²) in [6.07, 6.45) is 1.98. The van der Waals surface area contributed by atoms with E-state index in [-0.39, 0.29) is 23.8 Å². The summed E-state index contributed by atoms with van der Waals surface area (Å²) in [6, 6.07) is 0. The maximum Gasteiger partial charge on any atom is 0.305 e. The van der Waals surface area contributed by atoms with Crippen molar-refractivity contribution < 1.29 is 14.1 Å². The van der Waals surface area contributed by atoms with E-state index in [0.29, 0.717) is 13.0 Å². The monoisotopic (exact) mass is 214 g/mol. The third kappa shape index (κ3) is 3.25. The van der Waals surface area contributed by atoms with Crippen molar-refractivity contribution in [2.24, 2.45) is 5.92 Å². The van der Waals surface area contributed by atoms with Crippen molar-refractivity contribution in [3.05, 3.63) is 0 Å². The maximum absolute atomic E-state index is 11.1. The van der Waals surface area contributed by atoms with Crippen LogP contribution in [0.4, 0.5) is 0 Å². The van der Waals surface area contributed by atoms with Gasteiger partial charge in [0, 0.05) is 21.8 Å². The first-order valence-electron chi connectivity index (χ1n) is 4.94. The molecular formula is C9H16BO3P. The number of hydrogen-bond acceptors (Lipinski definition) is 3. The van der Waals surface area contributed by atoms with Crippen molar-refractivity contribution in [3.8, 4) is 0 Å². The Morgan fingerprint density at radius 2 is 2.29 bits per heavy atom. The van der Waals surface area contributed by atoms with Gasteiger partial charge in [0.05, 0.1) is 14.5 Å². The lowest BCUT2D eigenvalue weighted by Crippen LogP contribution is -2.24. The van der Waals surface area contributed by atoms with Gasteiger partial charge in [0.25, 0.3) is 0 Å². The Balaban J connectivity index is 2.44. The highest BCUT2D eigenvalue weighted by Crippen LogP contribution is 2.36. The highest BCUT2D eigenvalue weighted by atomic mass is 31.0. The SMILES string of the molecule is [B][C@@H]1CC(OC(=O)CC)[C@H](COP)C1. The van der Waals surface area contributed by atoms with Gasteiger partial charge in [0.1, 0.15) is 6.10 Å². The molecule has 0 aromatic rings. The molecule has 1 saturated carbocycles. The molecule has 78 valence electrons. The number of rotatable bonds is 4. The summed E-state index contributed by atoms with van der Waals surface area (Å²) < 4.78 is 10.3. The summed E-state index contributed by atoms with van der Waals surface area (Å²) in [6.45, 7) is 2.37. The maximum atomic E-state index is 11.1. The van der Waals surface area contributed by atoms with Crippen LogP contribution in [0.3, 0.4) is 0 Å². The van der Waals surface area contributed by atoms with E-state index in [2.05, 4.69) is 9.47 Å². The normalized spacial score (nSPS) is 31.7. The molecule has 1 rings (SSSR count). The number of hydrogen-bond donors (Lipinski definition) is 0. The molecule has 14 heavy (non-hydrogen) atoms. The molecule has 0 amide bonds. The van der Waals surface area contributed by atoms with E-state index < -0.39 is 0 Å². The van der Waals surface area contributed by atoms with Crippen molar-refractivity contribution in [2.75, 3.05) is 6.61 Å². The molecule has 2 radical (unpaired) electrons. The van der Waals surface area contributed by atoms with Gasteiger partial charge in [0.15, 0.2) is 0 Å². The number of ether oxygens (including phenoxy) is 1. The molecule has 0 spiro atoms. The van der Waals surface area contributed by atoms with Crippen LogP contribution in [0.5, 0.6) is 0 Å². The minimum absolute atomic E-state index is 0.0574. The second-order valence-corrected chi connectivity index (χ2v) is 4.04. The summed E-state index contributed by atoms with van der Waals surface area (Å²) >= 11 is 0. The Bertz CT molecular complexity index is 200. The van der Waals surface area contributed by atoms with E-state index in [1.165, 1.54) is 0 Å². The van der Waals surface area contributed by atoms with Crippen molar-refractivity contribution in [1.82, 2.24) is 0 Å². The zero-order chi connectivity index (χ0) is 10.6. The van der Waals surface area contributed by atoms with Crippen LogP contribution < -0.4 is 0 Å². The van der Waals surface area contributed by atoms with Crippen LogP contribution in [0, 0.1) is 5.92 Å². The largest absolute Gasteiger partial charge is 0.462 e. The van der Waals surface area contributed by atoms with E-state index >= 15 is 0 Å². The Morgan fingerprint density at radius 1 is 1.57 bits per heavy atom. The van der Waals surface area contributed by atoms with E-state index in [4.69, 9.17) is 17.1 Å². The summed E-state index contributed by atoms with van der Waals surface area (Å²) in [5.74, 6) is 0.227. The van der Waals surface area contributed by atoms with Crippen LogP contribution in [0.25, 0.3) is 0 Å². The van der Waals surface area contributed by atoms with Gasteiger partial charge in [0.2, 0.25) is 0 Å². The van der Waals surface area contributed by atoms with Gasteiger partial charge in [-0.25, -0.2) is 0 Å². The fraction of sp³-hybridized carbons (Fsp3) is 0.889. The molecule has 1 aliphatic rings. The Morgan fingerprint density at radius 3 is 2.86 bits per heavy atom. The van der Waals surface area contributed by atoms with Gasteiger partial charge in [-0.15, -0.1) is 0 Å². The van der Waals surface area contributed by atoms with Crippen molar-refractivity contribution in [2.45, 2.75) is 38.1 Å². The quantitative estimate of drug-likeness (QED) is 0.404. The Hall–Kier alpha value is -0.0751. The van der Waals surface area contributed by atoms with Crippen LogP contribution >= 0.6 is 9.47 Å². The Labute approximate surface area is 88.6 Å². The zero-order valence-corrected chi connectivity index (χ0v) is 9.59. The van der Waals surface area contributed by atoms with Crippen molar-refractivity contribution in [1.29, 1.82) is 0 Å². The third-order valence-corrected chi connectivity index (χ3v) is 2.74. The smallest absolute Gasteiger partial charge is 0.305 e. The molecule has 3 nitrogen and oxygen atoms in total. The van der Waals surface area contributed by atoms with Gasteiger partial charge in [-0.1, -0.05) is 12.7 Å². The second kappa shape index (κ2) is 5.72. The predicted molar refractivity (Wildman–Crippen MR) is 58.1 cm³/mol. The predicted octanol–water partition coefficient (Wildman–Crippen LogP) is 1.48. The molecule has 1 aliphatic carbocycles. The lowest BCUT2D eigenvalue weighted by atomic mass is 9.85. The summed E-state index contributed by atoms with van der Waals surface area (Å²) in [5, 5.41) is 0. The molecule has 0 bridgehead atoms. The van der Waals surface area contributed by atoms with Crippen LogP contribution in [-0.4, -0.2) is 26.5 Å². The van der Waals surface area contributed by atoms with Gasteiger partial charge in [-0.2, -0.15) is 0 Å².